The number of carbonyl (C=O) groups is 2. The zero-order chi connectivity index (χ0) is 16.6. The lowest BCUT2D eigenvalue weighted by molar-refractivity contribution is -0.384. The van der Waals surface area contributed by atoms with E-state index >= 15 is 0 Å². The number of nitro groups is 1. The summed E-state index contributed by atoms with van der Waals surface area (Å²) in [4.78, 5) is 36.1. The van der Waals surface area contributed by atoms with Gasteiger partial charge in [-0.1, -0.05) is 0 Å². The molecule has 1 saturated carbocycles. The molecule has 1 aliphatic rings. The molecular weight excluding hydrogens is 302 g/mol. The number of nitrogens with zero attached hydrogens (tertiary/aromatic N) is 1. The van der Waals surface area contributed by atoms with Gasteiger partial charge in [-0.2, -0.15) is 0 Å². The van der Waals surface area contributed by atoms with Crippen molar-refractivity contribution in [3.8, 4) is 0 Å². The Bertz CT molecular complexity index is 792. The Kier molecular flexibility index (Phi) is 3.73. The molecule has 8 nitrogen and oxygen atoms in total. The van der Waals surface area contributed by atoms with Crippen molar-refractivity contribution in [2.45, 2.75) is 25.3 Å². The van der Waals surface area contributed by atoms with E-state index in [1.165, 1.54) is 12.1 Å². The quantitative estimate of drug-likeness (QED) is 0.570. The summed E-state index contributed by atoms with van der Waals surface area (Å²) in [5.74, 6) is -1.43. The van der Waals surface area contributed by atoms with E-state index in [9.17, 15) is 19.7 Å². The minimum absolute atomic E-state index is 0.0259. The summed E-state index contributed by atoms with van der Waals surface area (Å²) in [6, 6.07) is 4.35. The lowest BCUT2D eigenvalue weighted by Gasteiger charge is -2.32. The fraction of sp³-hybridized carbons (Fsp3) is 0.333. The first-order chi connectivity index (χ1) is 10.9. The summed E-state index contributed by atoms with van der Waals surface area (Å²) in [6.07, 6.45) is 2.64. The molecule has 0 saturated heterocycles. The number of rotatable bonds is 5. The number of aliphatic carboxylic acids is 1. The molecule has 1 fully saturated rings. The van der Waals surface area contributed by atoms with Gasteiger partial charge in [0.05, 0.1) is 17.3 Å². The van der Waals surface area contributed by atoms with Crippen LogP contribution in [0.4, 0.5) is 5.69 Å². The van der Waals surface area contributed by atoms with Crippen molar-refractivity contribution >= 4 is 28.5 Å². The SMILES string of the molecule is O=C(Cc1c[nH]c2ccc([N+](=O)[O-])cc12)NC1CC(C(=O)O)C1. The Morgan fingerprint density at radius 2 is 2.13 bits per heavy atom. The van der Waals surface area contributed by atoms with Gasteiger partial charge >= 0.3 is 5.97 Å². The Morgan fingerprint density at radius 1 is 1.39 bits per heavy atom. The van der Waals surface area contributed by atoms with Gasteiger partial charge < -0.3 is 15.4 Å². The minimum Gasteiger partial charge on any atom is -0.481 e. The third-order valence-corrected chi connectivity index (χ3v) is 4.17. The first-order valence-electron chi connectivity index (χ1n) is 7.20. The first kappa shape index (κ1) is 15.0. The number of H-pyrrole nitrogens is 1. The van der Waals surface area contributed by atoms with Gasteiger partial charge in [-0.3, -0.25) is 19.7 Å². The van der Waals surface area contributed by atoms with E-state index in [4.69, 9.17) is 5.11 Å². The molecule has 0 unspecified atom stereocenters. The van der Waals surface area contributed by atoms with Crippen LogP contribution in [0.3, 0.4) is 0 Å². The number of nitrogens with one attached hydrogen (secondary N) is 2. The van der Waals surface area contributed by atoms with Crippen LogP contribution in [0.1, 0.15) is 18.4 Å². The van der Waals surface area contributed by atoms with E-state index in [0.717, 1.165) is 5.52 Å². The molecule has 0 radical (unpaired) electrons. The van der Waals surface area contributed by atoms with Crippen LogP contribution in [0.2, 0.25) is 0 Å². The maximum absolute atomic E-state index is 12.0. The molecule has 2 aromatic rings. The maximum Gasteiger partial charge on any atom is 0.306 e. The monoisotopic (exact) mass is 317 g/mol. The summed E-state index contributed by atoms with van der Waals surface area (Å²) < 4.78 is 0. The molecule has 0 atom stereocenters. The van der Waals surface area contributed by atoms with Crippen LogP contribution in [-0.2, 0) is 16.0 Å². The molecule has 1 aliphatic carbocycles. The summed E-state index contributed by atoms with van der Waals surface area (Å²) in [5.41, 5.74) is 1.38. The minimum atomic E-state index is -0.834. The maximum atomic E-state index is 12.0. The van der Waals surface area contributed by atoms with Crippen LogP contribution in [-0.4, -0.2) is 32.9 Å². The van der Waals surface area contributed by atoms with Gasteiger partial charge in [0.15, 0.2) is 0 Å². The molecule has 8 heteroatoms. The number of carboxylic acids is 1. The number of benzene rings is 1. The summed E-state index contributed by atoms with van der Waals surface area (Å²) >= 11 is 0. The second kappa shape index (κ2) is 5.71. The average molecular weight is 317 g/mol. The van der Waals surface area contributed by atoms with Gasteiger partial charge in [0.1, 0.15) is 0 Å². The van der Waals surface area contributed by atoms with Gasteiger partial charge in [0.25, 0.3) is 5.69 Å². The van der Waals surface area contributed by atoms with Gasteiger partial charge in [0.2, 0.25) is 5.91 Å². The smallest absolute Gasteiger partial charge is 0.306 e. The number of hydrogen-bond acceptors (Lipinski definition) is 4. The van der Waals surface area contributed by atoms with Crippen molar-refractivity contribution in [3.63, 3.8) is 0 Å². The number of nitro benzene ring substituents is 1. The van der Waals surface area contributed by atoms with Crippen molar-refractivity contribution in [1.82, 2.24) is 10.3 Å². The van der Waals surface area contributed by atoms with Crippen molar-refractivity contribution in [2.24, 2.45) is 5.92 Å². The predicted octanol–water partition coefficient (Wildman–Crippen LogP) is 1.60. The van der Waals surface area contributed by atoms with Crippen LogP contribution >= 0.6 is 0 Å². The molecule has 0 bridgehead atoms. The number of amides is 1. The highest BCUT2D eigenvalue weighted by Crippen LogP contribution is 2.28. The molecule has 1 heterocycles. The highest BCUT2D eigenvalue weighted by Gasteiger charge is 2.35. The van der Waals surface area contributed by atoms with Gasteiger partial charge in [-0.25, -0.2) is 0 Å². The van der Waals surface area contributed by atoms with Crippen LogP contribution in [0, 0.1) is 16.0 Å². The van der Waals surface area contributed by atoms with Crippen molar-refractivity contribution in [1.29, 1.82) is 0 Å². The summed E-state index contributed by atoms with van der Waals surface area (Å²) in [6.45, 7) is 0. The number of aromatic nitrogens is 1. The summed E-state index contributed by atoms with van der Waals surface area (Å²) in [5, 5.41) is 23.1. The largest absolute Gasteiger partial charge is 0.481 e. The molecule has 120 valence electrons. The van der Waals surface area contributed by atoms with Crippen molar-refractivity contribution in [2.75, 3.05) is 0 Å². The van der Waals surface area contributed by atoms with Gasteiger partial charge in [-0.05, 0) is 24.5 Å². The van der Waals surface area contributed by atoms with Gasteiger partial charge in [0, 0.05) is 35.3 Å². The van der Waals surface area contributed by atoms with Crippen LogP contribution in [0.15, 0.2) is 24.4 Å². The molecular formula is C15H15N3O5. The molecule has 3 N–H and O–H groups in total. The third kappa shape index (κ3) is 3.01. The molecule has 0 aliphatic heterocycles. The highest BCUT2D eigenvalue weighted by molar-refractivity contribution is 5.90. The zero-order valence-electron chi connectivity index (χ0n) is 12.1. The third-order valence-electron chi connectivity index (χ3n) is 4.17. The topological polar surface area (TPSA) is 125 Å². The lowest BCUT2D eigenvalue weighted by atomic mass is 9.80. The van der Waals surface area contributed by atoms with Crippen LogP contribution in [0.5, 0.6) is 0 Å². The molecule has 3 rings (SSSR count). The van der Waals surface area contributed by atoms with E-state index in [2.05, 4.69) is 10.3 Å². The van der Waals surface area contributed by atoms with Gasteiger partial charge in [-0.15, -0.1) is 0 Å². The summed E-state index contributed by atoms with van der Waals surface area (Å²) in [7, 11) is 0. The Morgan fingerprint density at radius 3 is 2.78 bits per heavy atom. The van der Waals surface area contributed by atoms with E-state index < -0.39 is 10.9 Å². The predicted molar refractivity (Wildman–Crippen MR) is 80.9 cm³/mol. The van der Waals surface area contributed by atoms with E-state index in [0.29, 0.717) is 23.8 Å². The second-order valence-electron chi connectivity index (χ2n) is 5.75. The molecule has 1 aromatic carbocycles. The van der Waals surface area contributed by atoms with E-state index in [1.807, 2.05) is 0 Å². The fourth-order valence-corrected chi connectivity index (χ4v) is 2.82. The number of aromatic amines is 1. The normalized spacial score (nSPS) is 20.0. The van der Waals surface area contributed by atoms with Crippen molar-refractivity contribution < 1.29 is 19.6 Å². The Balaban J connectivity index is 1.67. The number of carbonyl (C=O) groups excluding carboxylic acids is 1. The Labute approximate surface area is 130 Å². The molecule has 0 spiro atoms. The fourth-order valence-electron chi connectivity index (χ4n) is 2.82. The van der Waals surface area contributed by atoms with Crippen LogP contribution < -0.4 is 5.32 Å². The standard InChI is InChI=1S/C15H15N3O5/c19-14(17-10-3-8(4-10)15(20)21)5-9-7-16-13-2-1-11(18(22)23)6-12(9)13/h1-2,6-8,10,16H,3-5H2,(H,17,19)(H,20,21). The number of non-ortho nitro benzene ring substituents is 1. The molecule has 23 heavy (non-hydrogen) atoms. The Hall–Kier alpha value is -2.90. The number of carboxylic acid groups (broad SMARTS) is 1. The molecule has 1 aromatic heterocycles. The average Bonchev–Trinajstić information content (AvgIpc) is 2.84. The van der Waals surface area contributed by atoms with Crippen LogP contribution in [0.25, 0.3) is 10.9 Å². The number of fused-ring (bicyclic) bond motifs is 1. The lowest BCUT2D eigenvalue weighted by Crippen LogP contribution is -2.47. The number of hydrogen-bond donors (Lipinski definition) is 3. The van der Waals surface area contributed by atoms with E-state index in [1.54, 1.807) is 12.3 Å². The molecule has 1 amide bonds. The second-order valence-corrected chi connectivity index (χ2v) is 5.75. The first-order valence-corrected chi connectivity index (χ1v) is 7.20. The van der Waals surface area contributed by atoms with E-state index in [-0.39, 0.29) is 30.0 Å². The van der Waals surface area contributed by atoms with Crippen molar-refractivity contribution in [3.05, 3.63) is 40.1 Å². The highest BCUT2D eigenvalue weighted by atomic mass is 16.6. The zero-order valence-corrected chi connectivity index (χ0v) is 12.1.